The van der Waals surface area contributed by atoms with Gasteiger partial charge in [-0.25, -0.2) is 4.79 Å². The number of ether oxygens (including phenoxy) is 2. The van der Waals surface area contributed by atoms with Gasteiger partial charge in [-0.05, 0) is 84.5 Å². The smallest absolute Gasteiger partial charge is 0.338 e. The first kappa shape index (κ1) is 21.4. The van der Waals surface area contributed by atoms with E-state index < -0.39 is 0 Å². The second-order valence-electron chi connectivity index (χ2n) is 10.0. The topological polar surface area (TPSA) is 35.5 Å². The van der Waals surface area contributed by atoms with Crippen molar-refractivity contribution in [3.05, 3.63) is 59.2 Å². The number of allylic oxidation sites excluding steroid dienone is 1. The highest BCUT2D eigenvalue weighted by Gasteiger charge is 2.53. The van der Waals surface area contributed by atoms with Crippen LogP contribution in [0.15, 0.2) is 53.6 Å². The van der Waals surface area contributed by atoms with Crippen LogP contribution in [0.3, 0.4) is 0 Å². The molecule has 3 heteroatoms. The number of fused-ring (bicyclic) bond motifs is 1. The first-order valence-electron chi connectivity index (χ1n) is 11.6. The molecule has 2 aliphatic carbocycles. The van der Waals surface area contributed by atoms with Crippen molar-refractivity contribution in [3.8, 4) is 0 Å². The van der Waals surface area contributed by atoms with Crippen LogP contribution in [0.1, 0.15) is 69.7 Å². The van der Waals surface area contributed by atoms with Gasteiger partial charge in [-0.15, -0.1) is 0 Å². The summed E-state index contributed by atoms with van der Waals surface area (Å²) >= 11 is 0. The number of hydrogen-bond acceptors (Lipinski definition) is 3. The van der Waals surface area contributed by atoms with Crippen LogP contribution in [0.5, 0.6) is 0 Å². The monoisotopic (exact) mass is 408 g/mol. The Hall–Kier alpha value is -1.87. The largest absolute Gasteiger partial charge is 0.458 e. The summed E-state index contributed by atoms with van der Waals surface area (Å²) in [5.74, 6) is 1.12. The molecule has 3 aliphatic rings. The van der Waals surface area contributed by atoms with E-state index >= 15 is 0 Å². The Morgan fingerprint density at radius 3 is 2.70 bits per heavy atom. The van der Waals surface area contributed by atoms with Crippen molar-refractivity contribution >= 4 is 5.97 Å². The molecule has 0 unspecified atom stereocenters. The van der Waals surface area contributed by atoms with Gasteiger partial charge in [0.25, 0.3) is 0 Å². The summed E-state index contributed by atoms with van der Waals surface area (Å²) in [5.41, 5.74) is 3.87. The second-order valence-corrected chi connectivity index (χ2v) is 10.0. The molecule has 1 aromatic carbocycles. The van der Waals surface area contributed by atoms with E-state index in [9.17, 15) is 4.79 Å². The van der Waals surface area contributed by atoms with E-state index in [2.05, 4.69) is 32.9 Å². The first-order valence-corrected chi connectivity index (χ1v) is 11.6. The summed E-state index contributed by atoms with van der Waals surface area (Å²) in [6.45, 7) is 9.42. The highest BCUT2D eigenvalue weighted by atomic mass is 16.5. The fourth-order valence-electron chi connectivity index (χ4n) is 6.26. The van der Waals surface area contributed by atoms with E-state index in [0.717, 1.165) is 26.1 Å². The Kier molecular flexibility index (Phi) is 6.20. The molecule has 1 heterocycles. The average molecular weight is 409 g/mol. The summed E-state index contributed by atoms with van der Waals surface area (Å²) in [7, 11) is 0. The van der Waals surface area contributed by atoms with E-state index in [0.29, 0.717) is 29.4 Å². The molecular formula is C27H36O3. The highest BCUT2D eigenvalue weighted by molar-refractivity contribution is 5.89. The molecule has 1 aliphatic heterocycles. The molecule has 0 radical (unpaired) electrons. The van der Waals surface area contributed by atoms with Crippen molar-refractivity contribution in [3.63, 3.8) is 0 Å². The predicted octanol–water partition coefficient (Wildman–Crippen LogP) is 6.36. The molecule has 1 aromatic rings. The van der Waals surface area contributed by atoms with Gasteiger partial charge in [0.1, 0.15) is 6.61 Å². The van der Waals surface area contributed by atoms with E-state index in [-0.39, 0.29) is 11.4 Å². The lowest BCUT2D eigenvalue weighted by Crippen LogP contribution is -2.50. The molecule has 1 fully saturated rings. The van der Waals surface area contributed by atoms with Gasteiger partial charge in [-0.1, -0.05) is 51.1 Å². The zero-order chi connectivity index (χ0) is 21.2. The minimum absolute atomic E-state index is 0.122. The van der Waals surface area contributed by atoms with Gasteiger partial charge in [-0.2, -0.15) is 0 Å². The zero-order valence-corrected chi connectivity index (χ0v) is 18.8. The number of carbonyl (C=O) groups excluding carboxylic acids is 1. The van der Waals surface area contributed by atoms with Crippen molar-refractivity contribution in [2.45, 2.75) is 59.3 Å². The summed E-state index contributed by atoms with van der Waals surface area (Å²) < 4.78 is 11.3. The average Bonchev–Trinajstić information content (AvgIpc) is 3.28. The van der Waals surface area contributed by atoms with Crippen LogP contribution < -0.4 is 0 Å². The van der Waals surface area contributed by atoms with Crippen LogP contribution in [0, 0.1) is 22.7 Å². The third-order valence-corrected chi connectivity index (χ3v) is 8.50. The molecular weight excluding hydrogens is 372 g/mol. The van der Waals surface area contributed by atoms with Crippen molar-refractivity contribution in [1.29, 1.82) is 0 Å². The minimum Gasteiger partial charge on any atom is -0.458 e. The van der Waals surface area contributed by atoms with Gasteiger partial charge < -0.3 is 9.47 Å². The molecule has 0 amide bonds. The number of benzene rings is 1. The molecule has 0 spiro atoms. The fraction of sp³-hybridized carbons (Fsp3) is 0.593. The Bertz CT molecular complexity index is 824. The van der Waals surface area contributed by atoms with Gasteiger partial charge in [-0.3, -0.25) is 0 Å². The number of hydrogen-bond donors (Lipinski definition) is 0. The van der Waals surface area contributed by atoms with Gasteiger partial charge in [0.2, 0.25) is 0 Å². The zero-order valence-electron chi connectivity index (χ0n) is 18.8. The molecule has 162 valence electrons. The maximum atomic E-state index is 12.5. The van der Waals surface area contributed by atoms with Crippen LogP contribution in [0.2, 0.25) is 0 Å². The lowest BCUT2D eigenvalue weighted by Gasteiger charge is -2.58. The summed E-state index contributed by atoms with van der Waals surface area (Å²) in [4.78, 5) is 12.5. The molecule has 4 rings (SSSR count). The van der Waals surface area contributed by atoms with E-state index in [1.807, 2.05) is 30.3 Å². The van der Waals surface area contributed by atoms with E-state index in [1.165, 1.54) is 36.8 Å². The number of carbonyl (C=O) groups is 1. The molecule has 0 aromatic heterocycles. The molecule has 30 heavy (non-hydrogen) atoms. The molecule has 4 atom stereocenters. The third kappa shape index (κ3) is 4.01. The minimum atomic E-state index is -0.220. The molecule has 0 saturated heterocycles. The standard InChI is InChI=1S/C27H36O3/c1-20-12-15-27(3)23(19-30-25(28)22-8-5-4-6-9-22)10-7-11-24(27)26(20,2)16-13-21-14-17-29-18-21/h4-6,8-10,14,20,24H,7,11-13,15-19H2,1-3H3/t20-,24-,26+,27+/m1/s1. The summed E-state index contributed by atoms with van der Waals surface area (Å²) in [5, 5.41) is 0. The van der Waals surface area contributed by atoms with Crippen molar-refractivity contribution < 1.29 is 14.3 Å². The number of esters is 1. The van der Waals surface area contributed by atoms with Gasteiger partial charge in [0.05, 0.1) is 18.8 Å². The van der Waals surface area contributed by atoms with Gasteiger partial charge in [0, 0.05) is 0 Å². The molecule has 0 N–H and O–H groups in total. The highest BCUT2D eigenvalue weighted by Crippen LogP contribution is 2.62. The van der Waals surface area contributed by atoms with Crippen LogP contribution in [0.25, 0.3) is 0 Å². The fourth-order valence-corrected chi connectivity index (χ4v) is 6.26. The Labute approximate surface area is 181 Å². The Balaban J connectivity index is 1.48. The van der Waals surface area contributed by atoms with Crippen molar-refractivity contribution in [2.75, 3.05) is 19.8 Å². The van der Waals surface area contributed by atoms with Gasteiger partial charge in [0.15, 0.2) is 0 Å². The second kappa shape index (κ2) is 8.70. The third-order valence-electron chi connectivity index (χ3n) is 8.50. The molecule has 0 bridgehead atoms. The molecule has 3 nitrogen and oxygen atoms in total. The van der Waals surface area contributed by atoms with Crippen LogP contribution in [-0.4, -0.2) is 25.8 Å². The quantitative estimate of drug-likeness (QED) is 0.406. The summed E-state index contributed by atoms with van der Waals surface area (Å²) in [6, 6.07) is 9.33. The van der Waals surface area contributed by atoms with Crippen molar-refractivity contribution in [2.24, 2.45) is 22.7 Å². The SMILES string of the molecule is C[C@@H]1CC[C@@]2(C)C(COC(=O)c3ccccc3)=CCC[C@@H]2[C@@]1(C)CCC1=CCOC1. The van der Waals surface area contributed by atoms with Crippen molar-refractivity contribution in [1.82, 2.24) is 0 Å². The van der Waals surface area contributed by atoms with E-state index in [4.69, 9.17) is 9.47 Å². The maximum absolute atomic E-state index is 12.5. The number of rotatable bonds is 6. The summed E-state index contributed by atoms with van der Waals surface area (Å²) in [6.07, 6.45) is 11.8. The predicted molar refractivity (Wildman–Crippen MR) is 120 cm³/mol. The normalized spacial score (nSPS) is 33.4. The maximum Gasteiger partial charge on any atom is 0.338 e. The molecule has 1 saturated carbocycles. The lowest BCUT2D eigenvalue weighted by molar-refractivity contribution is -0.0518. The van der Waals surface area contributed by atoms with Crippen LogP contribution in [0.4, 0.5) is 0 Å². The van der Waals surface area contributed by atoms with Crippen LogP contribution in [-0.2, 0) is 9.47 Å². The Morgan fingerprint density at radius 2 is 1.97 bits per heavy atom. The Morgan fingerprint density at radius 1 is 1.17 bits per heavy atom. The lowest BCUT2D eigenvalue weighted by atomic mass is 9.47. The van der Waals surface area contributed by atoms with E-state index in [1.54, 1.807) is 0 Å². The van der Waals surface area contributed by atoms with Gasteiger partial charge >= 0.3 is 5.97 Å². The first-order chi connectivity index (χ1) is 14.4. The van der Waals surface area contributed by atoms with Crippen LogP contribution >= 0.6 is 0 Å².